The molecule has 17 heavy (non-hydrogen) atoms. The second kappa shape index (κ2) is 5.27. The molecule has 88 valence electrons. The second-order valence-electron chi connectivity index (χ2n) is 3.73. The minimum atomic E-state index is 0.740. The number of aryl methyl sites for hydroxylation is 1. The molecule has 0 amide bonds. The van der Waals surface area contributed by atoms with Crippen LogP contribution in [0.15, 0.2) is 40.9 Å². The fraction of sp³-hybridized carbons (Fsp3) is 0.0769. The van der Waals surface area contributed by atoms with Crippen LogP contribution in [0.4, 0.5) is 5.69 Å². The molecule has 0 spiro atoms. The first-order valence-corrected chi connectivity index (χ1v) is 6.92. The number of nitrogens with two attached hydrogens (primary N) is 1. The largest absolute Gasteiger partial charge is 0.455 e. The Morgan fingerprint density at radius 1 is 1.12 bits per heavy atom. The number of benzene rings is 2. The zero-order valence-electron chi connectivity index (χ0n) is 9.21. The summed E-state index contributed by atoms with van der Waals surface area (Å²) in [6.45, 7) is 2.04. The van der Waals surface area contributed by atoms with Crippen LogP contribution in [0.25, 0.3) is 0 Å². The molecular weight excluding hydrogens is 393 g/mol. The third kappa shape index (κ3) is 3.13. The lowest BCUT2D eigenvalue weighted by Gasteiger charge is -2.10. The van der Waals surface area contributed by atoms with Crippen molar-refractivity contribution in [3.05, 3.63) is 50.0 Å². The van der Waals surface area contributed by atoms with Crippen LogP contribution in [0.3, 0.4) is 0 Å². The predicted octanol–water partition coefficient (Wildman–Crippen LogP) is 4.74. The highest BCUT2D eigenvalue weighted by Gasteiger charge is 2.06. The Morgan fingerprint density at radius 2 is 1.82 bits per heavy atom. The van der Waals surface area contributed by atoms with E-state index in [2.05, 4.69) is 38.5 Å². The summed E-state index contributed by atoms with van der Waals surface area (Å²) in [6.07, 6.45) is 0. The number of halogens is 2. The van der Waals surface area contributed by atoms with Crippen molar-refractivity contribution >= 4 is 44.2 Å². The summed E-state index contributed by atoms with van der Waals surface area (Å²) in [7, 11) is 0. The van der Waals surface area contributed by atoms with Gasteiger partial charge in [-0.15, -0.1) is 0 Å². The first-order valence-electron chi connectivity index (χ1n) is 5.05. The van der Waals surface area contributed by atoms with E-state index in [-0.39, 0.29) is 0 Å². The maximum absolute atomic E-state index is 5.84. The van der Waals surface area contributed by atoms with Gasteiger partial charge in [-0.05, 0) is 81.3 Å². The molecule has 2 aromatic carbocycles. The van der Waals surface area contributed by atoms with Gasteiger partial charge in [0.2, 0.25) is 0 Å². The predicted molar refractivity (Wildman–Crippen MR) is 82.5 cm³/mol. The van der Waals surface area contributed by atoms with E-state index in [9.17, 15) is 0 Å². The highest BCUT2D eigenvalue weighted by Crippen LogP contribution is 2.33. The molecule has 0 aromatic heterocycles. The Labute approximate surface area is 122 Å². The SMILES string of the molecule is Cc1ccc(Oc2ccc(N)cc2I)c(Br)c1. The fourth-order valence-electron chi connectivity index (χ4n) is 1.41. The highest BCUT2D eigenvalue weighted by atomic mass is 127. The molecule has 0 aliphatic rings. The molecule has 2 nitrogen and oxygen atoms in total. The van der Waals surface area contributed by atoms with Crippen molar-refractivity contribution in [1.29, 1.82) is 0 Å². The van der Waals surface area contributed by atoms with Gasteiger partial charge >= 0.3 is 0 Å². The smallest absolute Gasteiger partial charge is 0.141 e. The number of rotatable bonds is 2. The molecule has 2 aromatic rings. The lowest BCUT2D eigenvalue weighted by Crippen LogP contribution is -1.91. The second-order valence-corrected chi connectivity index (χ2v) is 5.74. The molecule has 0 aliphatic carbocycles. The van der Waals surface area contributed by atoms with Gasteiger partial charge in [0, 0.05) is 5.69 Å². The molecule has 0 bridgehead atoms. The molecule has 0 heterocycles. The molecule has 0 unspecified atom stereocenters. The molecule has 0 fully saturated rings. The Hall–Kier alpha value is -0.750. The third-order valence-electron chi connectivity index (χ3n) is 2.26. The topological polar surface area (TPSA) is 35.2 Å². The van der Waals surface area contributed by atoms with Crippen LogP contribution in [0.2, 0.25) is 0 Å². The average Bonchev–Trinajstić information content (AvgIpc) is 2.25. The van der Waals surface area contributed by atoms with Crippen LogP contribution in [-0.2, 0) is 0 Å². The van der Waals surface area contributed by atoms with E-state index in [0.717, 1.165) is 25.2 Å². The minimum absolute atomic E-state index is 0.740. The lowest BCUT2D eigenvalue weighted by atomic mass is 10.2. The maximum Gasteiger partial charge on any atom is 0.141 e. The molecule has 2 rings (SSSR count). The molecule has 0 atom stereocenters. The number of ether oxygens (including phenoxy) is 1. The summed E-state index contributed by atoms with van der Waals surface area (Å²) in [4.78, 5) is 0. The van der Waals surface area contributed by atoms with Crippen LogP contribution < -0.4 is 10.5 Å². The summed E-state index contributed by atoms with van der Waals surface area (Å²) in [5, 5.41) is 0. The van der Waals surface area contributed by atoms with E-state index in [0.29, 0.717) is 0 Å². The van der Waals surface area contributed by atoms with Gasteiger partial charge < -0.3 is 10.5 Å². The number of hydrogen-bond donors (Lipinski definition) is 1. The monoisotopic (exact) mass is 403 g/mol. The average molecular weight is 404 g/mol. The molecule has 0 saturated heterocycles. The zero-order chi connectivity index (χ0) is 12.4. The zero-order valence-corrected chi connectivity index (χ0v) is 12.9. The van der Waals surface area contributed by atoms with Crippen molar-refractivity contribution in [3.8, 4) is 11.5 Å². The van der Waals surface area contributed by atoms with Crippen molar-refractivity contribution in [3.63, 3.8) is 0 Å². The van der Waals surface area contributed by atoms with Crippen molar-refractivity contribution in [1.82, 2.24) is 0 Å². The minimum Gasteiger partial charge on any atom is -0.455 e. The summed E-state index contributed by atoms with van der Waals surface area (Å²) >= 11 is 5.70. The van der Waals surface area contributed by atoms with Gasteiger partial charge in [0.15, 0.2) is 0 Å². The van der Waals surface area contributed by atoms with Gasteiger partial charge in [0.25, 0.3) is 0 Å². The Balaban J connectivity index is 2.31. The Morgan fingerprint density at radius 3 is 2.47 bits per heavy atom. The molecule has 0 saturated carbocycles. The first kappa shape index (κ1) is 12.7. The van der Waals surface area contributed by atoms with Crippen LogP contribution >= 0.6 is 38.5 Å². The summed E-state index contributed by atoms with van der Waals surface area (Å²) in [6, 6.07) is 11.6. The number of hydrogen-bond acceptors (Lipinski definition) is 2. The van der Waals surface area contributed by atoms with E-state index >= 15 is 0 Å². The van der Waals surface area contributed by atoms with Crippen molar-refractivity contribution in [2.24, 2.45) is 0 Å². The fourth-order valence-corrected chi connectivity index (χ4v) is 2.63. The van der Waals surface area contributed by atoms with Crippen LogP contribution in [-0.4, -0.2) is 0 Å². The van der Waals surface area contributed by atoms with E-state index in [4.69, 9.17) is 10.5 Å². The normalized spacial score (nSPS) is 10.3. The van der Waals surface area contributed by atoms with E-state index in [1.165, 1.54) is 5.56 Å². The van der Waals surface area contributed by atoms with E-state index in [1.54, 1.807) is 0 Å². The van der Waals surface area contributed by atoms with E-state index < -0.39 is 0 Å². The number of anilines is 1. The van der Waals surface area contributed by atoms with Gasteiger partial charge in [-0.1, -0.05) is 6.07 Å². The summed E-state index contributed by atoms with van der Waals surface area (Å²) in [5.74, 6) is 1.61. The molecular formula is C13H11BrINO. The summed E-state index contributed by atoms with van der Waals surface area (Å²) < 4.78 is 7.78. The van der Waals surface area contributed by atoms with Crippen molar-refractivity contribution in [2.45, 2.75) is 6.92 Å². The Bertz CT molecular complexity index is 508. The maximum atomic E-state index is 5.84. The molecule has 2 N–H and O–H groups in total. The molecule has 0 radical (unpaired) electrons. The summed E-state index contributed by atoms with van der Waals surface area (Å²) in [5.41, 5.74) is 7.63. The van der Waals surface area contributed by atoms with Gasteiger partial charge in [0.1, 0.15) is 11.5 Å². The molecule has 0 aliphatic heterocycles. The molecule has 4 heteroatoms. The number of nitrogen functional groups attached to an aromatic ring is 1. The van der Waals surface area contributed by atoms with Crippen LogP contribution in [0, 0.1) is 10.5 Å². The standard InChI is InChI=1S/C13H11BrINO/c1-8-2-4-12(10(14)6-8)17-13-5-3-9(16)7-11(13)15/h2-7H,16H2,1H3. The first-order chi connectivity index (χ1) is 8.06. The van der Waals surface area contributed by atoms with E-state index in [1.807, 2.05) is 43.3 Å². The van der Waals surface area contributed by atoms with Crippen molar-refractivity contribution in [2.75, 3.05) is 5.73 Å². The van der Waals surface area contributed by atoms with Gasteiger partial charge in [-0.3, -0.25) is 0 Å². The van der Waals surface area contributed by atoms with Gasteiger partial charge in [0.05, 0.1) is 8.04 Å². The third-order valence-corrected chi connectivity index (χ3v) is 3.73. The van der Waals surface area contributed by atoms with Crippen molar-refractivity contribution < 1.29 is 4.74 Å². The van der Waals surface area contributed by atoms with Gasteiger partial charge in [-0.2, -0.15) is 0 Å². The van der Waals surface area contributed by atoms with Crippen LogP contribution in [0.5, 0.6) is 11.5 Å². The highest BCUT2D eigenvalue weighted by molar-refractivity contribution is 14.1. The van der Waals surface area contributed by atoms with Gasteiger partial charge in [-0.25, -0.2) is 0 Å². The Kier molecular flexibility index (Phi) is 3.93. The quantitative estimate of drug-likeness (QED) is 0.580. The lowest BCUT2D eigenvalue weighted by molar-refractivity contribution is 0.476. The van der Waals surface area contributed by atoms with Crippen LogP contribution in [0.1, 0.15) is 5.56 Å².